The first kappa shape index (κ1) is 16.8. The molecule has 0 radical (unpaired) electrons. The van der Waals surface area contributed by atoms with Crippen molar-refractivity contribution in [3.05, 3.63) is 23.8 Å². The van der Waals surface area contributed by atoms with Crippen LogP contribution in [0.5, 0.6) is 0 Å². The van der Waals surface area contributed by atoms with Gasteiger partial charge in [-0.05, 0) is 49.8 Å². The highest BCUT2D eigenvalue weighted by atomic mass is 32.1. The van der Waals surface area contributed by atoms with E-state index in [1.165, 1.54) is 12.8 Å². The van der Waals surface area contributed by atoms with Crippen molar-refractivity contribution >= 4 is 32.6 Å². The van der Waals surface area contributed by atoms with Crippen molar-refractivity contribution in [2.45, 2.75) is 38.6 Å². The largest absolute Gasteiger partial charge is 0.378 e. The van der Waals surface area contributed by atoms with Gasteiger partial charge in [-0.1, -0.05) is 18.3 Å². The Morgan fingerprint density at radius 2 is 2.00 bits per heavy atom. The van der Waals surface area contributed by atoms with Crippen molar-refractivity contribution in [1.29, 1.82) is 0 Å². The number of thiazole rings is 1. The second-order valence-electron chi connectivity index (χ2n) is 7.21. The van der Waals surface area contributed by atoms with Gasteiger partial charge in [-0.2, -0.15) is 0 Å². The van der Waals surface area contributed by atoms with Crippen molar-refractivity contribution in [3.63, 3.8) is 0 Å². The van der Waals surface area contributed by atoms with E-state index < -0.39 is 0 Å². The summed E-state index contributed by atoms with van der Waals surface area (Å²) in [4.78, 5) is 19.6. The first-order valence-corrected chi connectivity index (χ1v) is 10.0. The lowest BCUT2D eigenvalue weighted by molar-refractivity contribution is 0.0923. The number of nitrogens with zero attached hydrogens (tertiary/aromatic N) is 2. The lowest BCUT2D eigenvalue weighted by atomic mass is 9.87. The molecule has 134 valence electrons. The maximum absolute atomic E-state index is 12.6. The van der Waals surface area contributed by atoms with Crippen molar-refractivity contribution in [1.82, 2.24) is 10.3 Å². The molecule has 2 heterocycles. The molecule has 2 aromatic rings. The summed E-state index contributed by atoms with van der Waals surface area (Å²) in [7, 11) is 0. The number of rotatable bonds is 3. The fourth-order valence-electron chi connectivity index (χ4n) is 3.62. The summed E-state index contributed by atoms with van der Waals surface area (Å²) in [5.41, 5.74) is 1.71. The third kappa shape index (κ3) is 3.80. The Bertz CT molecular complexity index is 746. The fraction of sp³-hybridized carbons (Fsp3) is 0.579. The van der Waals surface area contributed by atoms with E-state index in [0.29, 0.717) is 6.04 Å². The predicted molar refractivity (Wildman–Crippen MR) is 102 cm³/mol. The number of carbonyl (C=O) groups is 1. The Morgan fingerprint density at radius 3 is 2.76 bits per heavy atom. The normalized spacial score (nSPS) is 24.4. The van der Waals surface area contributed by atoms with Gasteiger partial charge in [0.05, 0.1) is 23.4 Å². The van der Waals surface area contributed by atoms with Gasteiger partial charge in [0.15, 0.2) is 5.13 Å². The van der Waals surface area contributed by atoms with Gasteiger partial charge in [0, 0.05) is 24.7 Å². The van der Waals surface area contributed by atoms with Crippen molar-refractivity contribution < 1.29 is 9.53 Å². The van der Waals surface area contributed by atoms with Crippen molar-refractivity contribution in [2.75, 3.05) is 31.2 Å². The zero-order chi connectivity index (χ0) is 17.2. The zero-order valence-electron chi connectivity index (χ0n) is 14.7. The van der Waals surface area contributed by atoms with E-state index in [2.05, 4.69) is 17.1 Å². The summed E-state index contributed by atoms with van der Waals surface area (Å²) in [6.45, 7) is 5.57. The van der Waals surface area contributed by atoms with Crippen LogP contribution in [0.25, 0.3) is 10.2 Å². The van der Waals surface area contributed by atoms with E-state index in [4.69, 9.17) is 9.72 Å². The molecule has 2 fully saturated rings. The van der Waals surface area contributed by atoms with E-state index in [-0.39, 0.29) is 5.91 Å². The molecule has 0 atom stereocenters. The van der Waals surface area contributed by atoms with Crippen LogP contribution >= 0.6 is 11.3 Å². The third-order valence-electron chi connectivity index (χ3n) is 5.27. The number of hydrogen-bond acceptors (Lipinski definition) is 5. The molecule has 0 spiro atoms. The summed E-state index contributed by atoms with van der Waals surface area (Å²) >= 11 is 1.66. The molecule has 0 bridgehead atoms. The molecular weight excluding hydrogens is 334 g/mol. The molecule has 1 N–H and O–H groups in total. The van der Waals surface area contributed by atoms with Crippen LogP contribution in [0.15, 0.2) is 18.2 Å². The van der Waals surface area contributed by atoms with Crippen LogP contribution in [-0.2, 0) is 4.74 Å². The van der Waals surface area contributed by atoms with Gasteiger partial charge < -0.3 is 15.0 Å². The summed E-state index contributed by atoms with van der Waals surface area (Å²) in [5.74, 6) is 0.836. The van der Waals surface area contributed by atoms with Crippen molar-refractivity contribution in [2.24, 2.45) is 5.92 Å². The fourth-order valence-corrected chi connectivity index (χ4v) is 4.67. The molecular formula is C19H25N3O2S. The Balaban J connectivity index is 1.47. The maximum Gasteiger partial charge on any atom is 0.251 e. The van der Waals surface area contributed by atoms with Crippen LogP contribution in [0.2, 0.25) is 0 Å². The number of ether oxygens (including phenoxy) is 1. The highest BCUT2D eigenvalue weighted by Gasteiger charge is 2.21. The van der Waals surface area contributed by atoms with Gasteiger partial charge in [0.2, 0.25) is 0 Å². The minimum atomic E-state index is 0.0442. The minimum Gasteiger partial charge on any atom is -0.378 e. The number of morpholine rings is 1. The predicted octanol–water partition coefficient (Wildman–Crippen LogP) is 3.44. The number of hydrogen-bond donors (Lipinski definition) is 1. The zero-order valence-corrected chi connectivity index (χ0v) is 15.5. The van der Waals surface area contributed by atoms with E-state index in [1.807, 2.05) is 18.2 Å². The first-order valence-electron chi connectivity index (χ1n) is 9.23. The number of aromatic nitrogens is 1. The van der Waals surface area contributed by atoms with Gasteiger partial charge in [-0.25, -0.2) is 4.98 Å². The summed E-state index contributed by atoms with van der Waals surface area (Å²) in [6, 6.07) is 6.17. The highest BCUT2D eigenvalue weighted by molar-refractivity contribution is 7.22. The Hall–Kier alpha value is -1.66. The molecule has 2 aliphatic rings. The smallest absolute Gasteiger partial charge is 0.251 e. The number of amides is 1. The molecule has 5 nitrogen and oxygen atoms in total. The number of benzene rings is 1. The topological polar surface area (TPSA) is 54.5 Å². The monoisotopic (exact) mass is 359 g/mol. The van der Waals surface area contributed by atoms with Gasteiger partial charge >= 0.3 is 0 Å². The molecule has 6 heteroatoms. The van der Waals surface area contributed by atoms with Crippen LogP contribution in [0.1, 0.15) is 43.0 Å². The van der Waals surface area contributed by atoms with Gasteiger partial charge in [0.1, 0.15) is 0 Å². The number of anilines is 1. The average Bonchev–Trinajstić information content (AvgIpc) is 3.07. The van der Waals surface area contributed by atoms with Crippen molar-refractivity contribution in [3.8, 4) is 0 Å². The molecule has 1 aromatic carbocycles. The molecule has 25 heavy (non-hydrogen) atoms. The van der Waals surface area contributed by atoms with Crippen LogP contribution in [-0.4, -0.2) is 43.2 Å². The molecule has 1 aliphatic carbocycles. The Morgan fingerprint density at radius 1 is 1.24 bits per heavy atom. The molecule has 4 rings (SSSR count). The Labute approximate surface area is 152 Å². The lowest BCUT2D eigenvalue weighted by Crippen LogP contribution is -2.37. The van der Waals surface area contributed by atoms with E-state index in [0.717, 1.165) is 66.0 Å². The Kier molecular flexibility index (Phi) is 4.90. The average molecular weight is 359 g/mol. The van der Waals surface area contributed by atoms with E-state index in [1.54, 1.807) is 11.3 Å². The highest BCUT2D eigenvalue weighted by Crippen LogP contribution is 2.30. The molecule has 1 aromatic heterocycles. The third-order valence-corrected chi connectivity index (χ3v) is 6.35. The SMILES string of the molecule is CC1CCC(NC(=O)c2ccc3nc(N4CCOCC4)sc3c2)CC1. The number of carbonyl (C=O) groups excluding carboxylic acids is 1. The van der Waals surface area contributed by atoms with Gasteiger partial charge in [0.25, 0.3) is 5.91 Å². The maximum atomic E-state index is 12.6. The minimum absolute atomic E-state index is 0.0442. The molecule has 1 amide bonds. The van der Waals surface area contributed by atoms with Gasteiger partial charge in [-0.15, -0.1) is 0 Å². The quantitative estimate of drug-likeness (QED) is 0.912. The van der Waals surface area contributed by atoms with Crippen LogP contribution in [0, 0.1) is 5.92 Å². The first-order chi connectivity index (χ1) is 12.2. The molecule has 1 saturated carbocycles. The summed E-state index contributed by atoms with van der Waals surface area (Å²) in [6.07, 6.45) is 4.61. The molecule has 1 saturated heterocycles. The van der Waals surface area contributed by atoms with Gasteiger partial charge in [-0.3, -0.25) is 4.79 Å². The van der Waals surface area contributed by atoms with E-state index in [9.17, 15) is 4.79 Å². The number of nitrogens with one attached hydrogen (secondary N) is 1. The van der Waals surface area contributed by atoms with Crippen LogP contribution < -0.4 is 10.2 Å². The van der Waals surface area contributed by atoms with Crippen LogP contribution in [0.3, 0.4) is 0 Å². The standard InChI is InChI=1S/C19H25N3O2S/c1-13-2-5-15(6-3-13)20-18(23)14-4-7-16-17(12-14)25-19(21-16)22-8-10-24-11-9-22/h4,7,12-13,15H,2-3,5-6,8-11H2,1H3,(H,20,23). The second kappa shape index (κ2) is 7.30. The lowest BCUT2D eigenvalue weighted by Gasteiger charge is -2.26. The van der Waals surface area contributed by atoms with E-state index >= 15 is 0 Å². The second-order valence-corrected chi connectivity index (χ2v) is 8.22. The summed E-state index contributed by atoms with van der Waals surface area (Å²) < 4.78 is 6.48. The number of fused-ring (bicyclic) bond motifs is 1. The molecule has 0 unspecified atom stereocenters. The molecule has 1 aliphatic heterocycles. The summed E-state index contributed by atoms with van der Waals surface area (Å²) in [5, 5.41) is 4.23. The van der Waals surface area contributed by atoms with Crippen LogP contribution in [0.4, 0.5) is 5.13 Å².